The Morgan fingerprint density at radius 1 is 0.947 bits per heavy atom. The number of rotatable bonds is 12. The van der Waals surface area contributed by atoms with Gasteiger partial charge in [-0.3, -0.25) is 13.9 Å². The fourth-order valence-corrected chi connectivity index (χ4v) is 5.32. The van der Waals surface area contributed by atoms with Crippen LogP contribution in [-0.4, -0.2) is 50.5 Å². The van der Waals surface area contributed by atoms with Gasteiger partial charge in [0.2, 0.25) is 21.8 Å². The average Bonchev–Trinajstić information content (AvgIpc) is 2.89. The van der Waals surface area contributed by atoms with Crippen LogP contribution < -0.4 is 9.62 Å². The number of sulfonamides is 1. The van der Waals surface area contributed by atoms with Gasteiger partial charge in [-0.25, -0.2) is 8.42 Å². The third kappa shape index (κ3) is 8.29. The first kappa shape index (κ1) is 29.6. The Morgan fingerprint density at radius 2 is 1.58 bits per heavy atom. The van der Waals surface area contributed by atoms with Crippen LogP contribution in [0.5, 0.6) is 0 Å². The highest BCUT2D eigenvalue weighted by Crippen LogP contribution is 2.22. The van der Waals surface area contributed by atoms with Gasteiger partial charge in [0.05, 0.1) is 11.9 Å². The maximum atomic E-state index is 14.0. The molecule has 0 saturated carbocycles. The highest BCUT2D eigenvalue weighted by atomic mass is 127. The maximum Gasteiger partial charge on any atom is 0.244 e. The van der Waals surface area contributed by atoms with Crippen molar-refractivity contribution in [3.63, 3.8) is 0 Å². The summed E-state index contributed by atoms with van der Waals surface area (Å²) in [4.78, 5) is 29.0. The van der Waals surface area contributed by atoms with E-state index in [1.807, 2.05) is 68.4 Å². The molecule has 0 spiro atoms. The number of benzene rings is 3. The molecule has 0 radical (unpaired) electrons. The summed E-state index contributed by atoms with van der Waals surface area (Å²) in [6.07, 6.45) is 2.14. The largest absolute Gasteiger partial charge is 0.354 e. The predicted molar refractivity (Wildman–Crippen MR) is 160 cm³/mol. The van der Waals surface area contributed by atoms with Crippen molar-refractivity contribution >= 4 is 50.1 Å². The van der Waals surface area contributed by atoms with Crippen LogP contribution >= 0.6 is 22.6 Å². The molecular weight excluding hydrogens is 613 g/mol. The van der Waals surface area contributed by atoms with Crippen molar-refractivity contribution in [1.82, 2.24) is 10.2 Å². The Morgan fingerprint density at radius 3 is 2.18 bits per heavy atom. The lowest BCUT2D eigenvalue weighted by molar-refractivity contribution is -0.140. The zero-order valence-corrected chi connectivity index (χ0v) is 24.9. The van der Waals surface area contributed by atoms with Gasteiger partial charge in [0.25, 0.3) is 0 Å². The van der Waals surface area contributed by atoms with E-state index in [0.29, 0.717) is 18.7 Å². The zero-order chi connectivity index (χ0) is 27.7. The van der Waals surface area contributed by atoms with Gasteiger partial charge in [-0.05, 0) is 76.9 Å². The summed E-state index contributed by atoms with van der Waals surface area (Å²) < 4.78 is 27.6. The summed E-state index contributed by atoms with van der Waals surface area (Å²) in [5.41, 5.74) is 3.18. The first-order valence-corrected chi connectivity index (χ1v) is 15.4. The van der Waals surface area contributed by atoms with Crippen molar-refractivity contribution in [1.29, 1.82) is 0 Å². The van der Waals surface area contributed by atoms with Gasteiger partial charge in [0.1, 0.15) is 12.6 Å². The quantitative estimate of drug-likeness (QED) is 0.293. The van der Waals surface area contributed by atoms with E-state index < -0.39 is 28.5 Å². The molecule has 0 aliphatic heterocycles. The highest BCUT2D eigenvalue weighted by Gasteiger charge is 2.33. The van der Waals surface area contributed by atoms with E-state index in [2.05, 4.69) is 27.9 Å². The molecule has 0 heterocycles. The van der Waals surface area contributed by atoms with Crippen LogP contribution in [0.25, 0.3) is 0 Å². The van der Waals surface area contributed by atoms with Gasteiger partial charge in [-0.1, -0.05) is 61.5 Å². The summed E-state index contributed by atoms with van der Waals surface area (Å²) in [7, 11) is -3.78. The second kappa shape index (κ2) is 13.7. The van der Waals surface area contributed by atoms with Gasteiger partial charge >= 0.3 is 0 Å². The SMILES string of the molecule is CCCNC(=O)[C@@H](Cc1ccccc1)N(Cc1ccccc1C)C(=O)CN(c1ccc(I)cc1)S(C)(=O)=O. The van der Waals surface area contributed by atoms with Crippen LogP contribution in [0.2, 0.25) is 0 Å². The van der Waals surface area contributed by atoms with E-state index in [4.69, 9.17) is 0 Å². The van der Waals surface area contributed by atoms with E-state index in [1.165, 1.54) is 4.90 Å². The van der Waals surface area contributed by atoms with Crippen LogP contribution in [0.15, 0.2) is 78.9 Å². The number of amides is 2. The Hall–Kier alpha value is -2.92. The Kier molecular flexibility index (Phi) is 10.7. The van der Waals surface area contributed by atoms with E-state index in [9.17, 15) is 18.0 Å². The first-order valence-electron chi connectivity index (χ1n) is 12.5. The second-order valence-corrected chi connectivity index (χ2v) is 12.3. The molecule has 1 atom stereocenters. The summed E-state index contributed by atoms with van der Waals surface area (Å²) in [5.74, 6) is -0.720. The molecule has 202 valence electrons. The summed E-state index contributed by atoms with van der Waals surface area (Å²) in [6.45, 7) is 4.16. The molecule has 9 heteroatoms. The fourth-order valence-electron chi connectivity index (χ4n) is 4.11. The van der Waals surface area contributed by atoms with E-state index in [0.717, 1.165) is 37.2 Å². The molecule has 3 aromatic rings. The van der Waals surface area contributed by atoms with Gasteiger partial charge in [0, 0.05) is 23.1 Å². The first-order chi connectivity index (χ1) is 18.1. The molecule has 3 rings (SSSR count). The molecule has 38 heavy (non-hydrogen) atoms. The van der Waals surface area contributed by atoms with Crippen LogP contribution in [-0.2, 0) is 32.6 Å². The number of carbonyl (C=O) groups excluding carboxylic acids is 2. The lowest BCUT2D eigenvalue weighted by atomic mass is 10.0. The molecule has 1 N–H and O–H groups in total. The number of nitrogens with one attached hydrogen (secondary N) is 1. The normalized spacial score (nSPS) is 12.0. The molecule has 2 amide bonds. The number of hydrogen-bond acceptors (Lipinski definition) is 4. The minimum absolute atomic E-state index is 0.173. The number of anilines is 1. The van der Waals surface area contributed by atoms with Gasteiger partial charge in [0.15, 0.2) is 0 Å². The molecule has 0 aliphatic carbocycles. The third-order valence-electron chi connectivity index (χ3n) is 6.22. The van der Waals surface area contributed by atoms with E-state index in [-0.39, 0.29) is 12.5 Å². The topological polar surface area (TPSA) is 86.8 Å². The molecule has 7 nitrogen and oxygen atoms in total. The molecular formula is C29H34IN3O4S. The number of halogens is 1. The van der Waals surface area contributed by atoms with Gasteiger partial charge in [-0.15, -0.1) is 0 Å². The van der Waals surface area contributed by atoms with Crippen LogP contribution in [0.4, 0.5) is 5.69 Å². The van der Waals surface area contributed by atoms with Crippen molar-refractivity contribution in [3.05, 3.63) is 99.1 Å². The van der Waals surface area contributed by atoms with Crippen LogP contribution in [0.3, 0.4) is 0 Å². The zero-order valence-electron chi connectivity index (χ0n) is 21.9. The lowest BCUT2D eigenvalue weighted by Gasteiger charge is -2.34. The number of hydrogen-bond donors (Lipinski definition) is 1. The molecule has 0 aliphatic rings. The molecule has 0 bridgehead atoms. The van der Waals surface area contributed by atoms with Crippen molar-refractivity contribution in [3.8, 4) is 0 Å². The monoisotopic (exact) mass is 647 g/mol. The minimum atomic E-state index is -3.78. The summed E-state index contributed by atoms with van der Waals surface area (Å²) in [6, 6.07) is 23.3. The van der Waals surface area contributed by atoms with Crippen molar-refractivity contribution < 1.29 is 18.0 Å². The molecule has 0 aromatic heterocycles. The summed E-state index contributed by atoms with van der Waals surface area (Å²) >= 11 is 2.14. The Balaban J connectivity index is 2.04. The summed E-state index contributed by atoms with van der Waals surface area (Å²) in [5, 5.41) is 2.94. The lowest BCUT2D eigenvalue weighted by Crippen LogP contribution is -2.53. The average molecular weight is 648 g/mol. The Labute approximate surface area is 239 Å². The highest BCUT2D eigenvalue weighted by molar-refractivity contribution is 14.1. The molecule has 0 saturated heterocycles. The molecule has 0 unspecified atom stereocenters. The van der Waals surface area contributed by atoms with Crippen molar-refractivity contribution in [2.45, 2.75) is 39.3 Å². The van der Waals surface area contributed by atoms with E-state index >= 15 is 0 Å². The third-order valence-corrected chi connectivity index (χ3v) is 8.08. The number of carbonyl (C=O) groups is 2. The standard InChI is InChI=1S/C29H34IN3O4S/c1-4-18-31-29(35)27(19-23-11-6-5-7-12-23)32(20-24-13-9-8-10-22(24)2)28(34)21-33(38(3,36)37)26-16-14-25(30)15-17-26/h5-17,27H,4,18-21H2,1-3H3,(H,31,35)/t27-/m1/s1. The van der Waals surface area contributed by atoms with Gasteiger partial charge in [-0.2, -0.15) is 0 Å². The number of aryl methyl sites for hydroxylation is 1. The van der Waals surface area contributed by atoms with Crippen LogP contribution in [0, 0.1) is 10.5 Å². The predicted octanol–water partition coefficient (Wildman–Crippen LogP) is 4.53. The fraction of sp³-hybridized carbons (Fsp3) is 0.310. The second-order valence-electron chi connectivity index (χ2n) is 9.19. The van der Waals surface area contributed by atoms with E-state index in [1.54, 1.807) is 24.3 Å². The maximum absolute atomic E-state index is 14.0. The molecule has 0 fully saturated rings. The van der Waals surface area contributed by atoms with Gasteiger partial charge < -0.3 is 10.2 Å². The number of nitrogens with zero attached hydrogens (tertiary/aromatic N) is 2. The smallest absolute Gasteiger partial charge is 0.244 e. The van der Waals surface area contributed by atoms with Crippen molar-refractivity contribution in [2.24, 2.45) is 0 Å². The Bertz CT molecular complexity index is 1330. The molecule has 3 aromatic carbocycles. The minimum Gasteiger partial charge on any atom is -0.354 e. The van der Waals surface area contributed by atoms with Crippen molar-refractivity contribution in [2.75, 3.05) is 23.7 Å². The van der Waals surface area contributed by atoms with Crippen LogP contribution in [0.1, 0.15) is 30.0 Å².